The van der Waals surface area contributed by atoms with E-state index in [2.05, 4.69) is 5.32 Å². The van der Waals surface area contributed by atoms with Crippen LogP contribution in [0.25, 0.3) is 0 Å². The molecule has 1 amide bonds. The van der Waals surface area contributed by atoms with Crippen LogP contribution in [-0.2, 0) is 11.3 Å². The Kier molecular flexibility index (Phi) is 6.17. The van der Waals surface area contributed by atoms with E-state index < -0.39 is 0 Å². The number of ether oxygens (including phenoxy) is 1. The van der Waals surface area contributed by atoms with Gasteiger partial charge in [-0.2, -0.15) is 0 Å². The summed E-state index contributed by atoms with van der Waals surface area (Å²) in [7, 11) is 0. The second-order valence-electron chi connectivity index (χ2n) is 5.07. The number of nitrogens with one attached hydrogen (secondary N) is 1. The van der Waals surface area contributed by atoms with Crippen molar-refractivity contribution in [1.29, 1.82) is 0 Å². The summed E-state index contributed by atoms with van der Waals surface area (Å²) in [6, 6.07) is 9.61. The number of carbonyl (C=O) groups is 1. The smallest absolute Gasteiger partial charge is 0.258 e. The van der Waals surface area contributed by atoms with Gasteiger partial charge < -0.3 is 10.1 Å². The Morgan fingerprint density at radius 1 is 1.00 bits per heavy atom. The molecule has 0 heterocycles. The first-order valence-electron chi connectivity index (χ1n) is 6.99. The second-order valence-corrected chi connectivity index (χ2v) is 6.21. The molecule has 0 spiro atoms. The standard InChI is InChI=1S/C17H16Cl3NO2/c1-10-14(18)11(2)16(20)17(15(10)19)23-9-13(22)21-8-12-6-4-3-5-7-12/h3-7H,8-9H2,1-2H3,(H,21,22). The molecule has 0 atom stereocenters. The van der Waals surface area contributed by atoms with Crippen molar-refractivity contribution >= 4 is 40.7 Å². The third-order valence-corrected chi connectivity index (χ3v) is 4.87. The van der Waals surface area contributed by atoms with Gasteiger partial charge >= 0.3 is 0 Å². The fourth-order valence-electron chi connectivity index (χ4n) is 2.02. The van der Waals surface area contributed by atoms with Gasteiger partial charge in [0.1, 0.15) is 0 Å². The number of amides is 1. The number of halogens is 3. The van der Waals surface area contributed by atoms with Crippen LogP contribution in [0, 0.1) is 13.8 Å². The maximum Gasteiger partial charge on any atom is 0.258 e. The lowest BCUT2D eigenvalue weighted by molar-refractivity contribution is -0.123. The maximum atomic E-state index is 11.9. The Morgan fingerprint density at radius 2 is 1.57 bits per heavy atom. The van der Waals surface area contributed by atoms with Crippen LogP contribution in [-0.4, -0.2) is 12.5 Å². The van der Waals surface area contributed by atoms with Crippen molar-refractivity contribution in [2.45, 2.75) is 20.4 Å². The molecule has 1 N–H and O–H groups in total. The van der Waals surface area contributed by atoms with E-state index >= 15 is 0 Å². The molecule has 0 bridgehead atoms. The molecular weight excluding hydrogens is 357 g/mol. The van der Waals surface area contributed by atoms with E-state index in [1.54, 1.807) is 13.8 Å². The van der Waals surface area contributed by atoms with Gasteiger partial charge in [-0.1, -0.05) is 65.1 Å². The van der Waals surface area contributed by atoms with E-state index in [-0.39, 0.29) is 18.3 Å². The minimum Gasteiger partial charge on any atom is -0.481 e. The van der Waals surface area contributed by atoms with Crippen molar-refractivity contribution < 1.29 is 9.53 Å². The highest BCUT2D eigenvalue weighted by Gasteiger charge is 2.18. The van der Waals surface area contributed by atoms with Gasteiger partial charge in [-0.15, -0.1) is 0 Å². The predicted molar refractivity (Wildman–Crippen MR) is 94.7 cm³/mol. The molecule has 3 nitrogen and oxygen atoms in total. The third-order valence-electron chi connectivity index (χ3n) is 3.40. The molecule has 0 aliphatic heterocycles. The van der Waals surface area contributed by atoms with Crippen molar-refractivity contribution in [1.82, 2.24) is 5.32 Å². The number of carbonyl (C=O) groups excluding carboxylic acids is 1. The lowest BCUT2D eigenvalue weighted by Gasteiger charge is -2.15. The average molecular weight is 373 g/mol. The van der Waals surface area contributed by atoms with Crippen molar-refractivity contribution in [3.8, 4) is 5.75 Å². The maximum absolute atomic E-state index is 11.9. The summed E-state index contributed by atoms with van der Waals surface area (Å²) >= 11 is 18.5. The van der Waals surface area contributed by atoms with Gasteiger partial charge in [0.05, 0.1) is 10.0 Å². The molecule has 0 radical (unpaired) electrons. The molecule has 0 aliphatic carbocycles. The van der Waals surface area contributed by atoms with E-state index in [0.717, 1.165) is 5.56 Å². The van der Waals surface area contributed by atoms with Gasteiger partial charge in [-0.05, 0) is 30.5 Å². The summed E-state index contributed by atoms with van der Waals surface area (Å²) in [5.74, 6) is 0.0221. The molecule has 0 saturated heterocycles. The second kappa shape index (κ2) is 7.91. The van der Waals surface area contributed by atoms with Crippen LogP contribution in [0.3, 0.4) is 0 Å². The molecule has 0 unspecified atom stereocenters. The van der Waals surface area contributed by atoms with E-state index in [9.17, 15) is 4.79 Å². The third kappa shape index (κ3) is 4.31. The van der Waals surface area contributed by atoms with Crippen LogP contribution >= 0.6 is 34.8 Å². The van der Waals surface area contributed by atoms with Crippen molar-refractivity contribution in [2.24, 2.45) is 0 Å². The molecule has 2 aromatic rings. The highest BCUT2D eigenvalue weighted by atomic mass is 35.5. The van der Waals surface area contributed by atoms with E-state index in [4.69, 9.17) is 39.5 Å². The van der Waals surface area contributed by atoms with Crippen LogP contribution in [0.1, 0.15) is 16.7 Å². The van der Waals surface area contributed by atoms with Crippen LogP contribution in [0.5, 0.6) is 5.75 Å². The topological polar surface area (TPSA) is 38.3 Å². The minimum atomic E-state index is -0.258. The summed E-state index contributed by atoms with van der Waals surface area (Å²) in [5, 5.41) is 3.91. The molecule has 0 aromatic heterocycles. The van der Waals surface area contributed by atoms with Crippen LogP contribution in [0.2, 0.25) is 15.1 Å². The van der Waals surface area contributed by atoms with Crippen molar-refractivity contribution in [2.75, 3.05) is 6.61 Å². The number of benzene rings is 2. The van der Waals surface area contributed by atoms with E-state index in [1.165, 1.54) is 0 Å². The Morgan fingerprint density at radius 3 is 2.13 bits per heavy atom. The summed E-state index contributed by atoms with van der Waals surface area (Å²) in [4.78, 5) is 11.9. The van der Waals surface area contributed by atoms with Gasteiger partial charge in [0, 0.05) is 11.6 Å². The van der Waals surface area contributed by atoms with Gasteiger partial charge in [-0.25, -0.2) is 0 Å². The van der Waals surface area contributed by atoms with Crippen LogP contribution in [0.15, 0.2) is 30.3 Å². The van der Waals surface area contributed by atoms with E-state index in [0.29, 0.717) is 32.7 Å². The SMILES string of the molecule is Cc1c(Cl)c(C)c(Cl)c(OCC(=O)NCc2ccccc2)c1Cl. The lowest BCUT2D eigenvalue weighted by atomic mass is 10.1. The molecular formula is C17H16Cl3NO2. The predicted octanol–water partition coefficient (Wildman–Crippen LogP) is 4.96. The zero-order valence-corrected chi connectivity index (χ0v) is 15.0. The lowest BCUT2D eigenvalue weighted by Crippen LogP contribution is -2.28. The number of hydrogen-bond acceptors (Lipinski definition) is 2. The van der Waals surface area contributed by atoms with Gasteiger partial charge in [-0.3, -0.25) is 4.79 Å². The van der Waals surface area contributed by atoms with Gasteiger partial charge in [0.2, 0.25) is 0 Å². The first kappa shape index (κ1) is 17.9. The zero-order chi connectivity index (χ0) is 17.0. The zero-order valence-electron chi connectivity index (χ0n) is 12.8. The largest absolute Gasteiger partial charge is 0.481 e. The molecule has 0 saturated carbocycles. The highest BCUT2D eigenvalue weighted by molar-refractivity contribution is 6.42. The number of hydrogen-bond donors (Lipinski definition) is 1. The first-order chi connectivity index (χ1) is 10.9. The van der Waals surface area contributed by atoms with Crippen LogP contribution in [0.4, 0.5) is 0 Å². The van der Waals surface area contributed by atoms with Crippen LogP contribution < -0.4 is 10.1 Å². The molecule has 0 fully saturated rings. The quantitative estimate of drug-likeness (QED) is 0.805. The fraction of sp³-hybridized carbons (Fsp3) is 0.235. The average Bonchev–Trinajstić information content (AvgIpc) is 2.57. The summed E-state index contributed by atoms with van der Waals surface area (Å²) < 4.78 is 5.50. The fourth-order valence-corrected chi connectivity index (χ4v) is 2.84. The highest BCUT2D eigenvalue weighted by Crippen LogP contribution is 2.42. The first-order valence-corrected chi connectivity index (χ1v) is 8.12. The molecule has 2 rings (SSSR count). The summed E-state index contributed by atoms with van der Waals surface area (Å²) in [6.07, 6.45) is 0. The minimum absolute atomic E-state index is 0.174. The van der Waals surface area contributed by atoms with Crippen molar-refractivity contribution in [3.05, 3.63) is 62.1 Å². The molecule has 0 aliphatic rings. The Bertz CT molecular complexity index is 689. The van der Waals surface area contributed by atoms with Gasteiger partial charge in [0.25, 0.3) is 5.91 Å². The summed E-state index contributed by atoms with van der Waals surface area (Å²) in [5.41, 5.74) is 2.36. The monoisotopic (exact) mass is 371 g/mol. The van der Waals surface area contributed by atoms with E-state index in [1.807, 2.05) is 30.3 Å². The Hall–Kier alpha value is -1.42. The normalized spacial score (nSPS) is 10.5. The Balaban J connectivity index is 2.00. The molecule has 2 aromatic carbocycles. The Labute approximate surface area is 150 Å². The van der Waals surface area contributed by atoms with Gasteiger partial charge in [0.15, 0.2) is 12.4 Å². The summed E-state index contributed by atoms with van der Waals surface area (Å²) in [6.45, 7) is 3.81. The molecule has 23 heavy (non-hydrogen) atoms. The van der Waals surface area contributed by atoms with Crippen molar-refractivity contribution in [3.63, 3.8) is 0 Å². The molecule has 6 heteroatoms. The number of rotatable bonds is 5. The molecule has 122 valence electrons.